The molecule has 1 aliphatic heterocycles. The Hall–Kier alpha value is -1.76. The van der Waals surface area contributed by atoms with E-state index in [0.29, 0.717) is 0 Å². The van der Waals surface area contributed by atoms with E-state index >= 15 is 0 Å². The summed E-state index contributed by atoms with van der Waals surface area (Å²) in [6.45, 7) is 5.48. The molecule has 0 saturated heterocycles. The van der Waals surface area contributed by atoms with Crippen LogP contribution in [0.15, 0.2) is 36.4 Å². The van der Waals surface area contributed by atoms with E-state index in [1.54, 1.807) is 0 Å². The highest BCUT2D eigenvalue weighted by Crippen LogP contribution is 2.28. The quantitative estimate of drug-likeness (QED) is 0.841. The van der Waals surface area contributed by atoms with Crippen LogP contribution in [0, 0.1) is 13.8 Å². The summed E-state index contributed by atoms with van der Waals surface area (Å²) >= 11 is 0. The summed E-state index contributed by atoms with van der Waals surface area (Å²) in [6.07, 6.45) is 3.49. The van der Waals surface area contributed by atoms with Crippen molar-refractivity contribution >= 4 is 5.69 Å². The highest BCUT2D eigenvalue weighted by atomic mass is 14.9. The second kappa shape index (κ2) is 5.08. The van der Waals surface area contributed by atoms with Crippen LogP contribution in [0.2, 0.25) is 0 Å². The first-order valence-corrected chi connectivity index (χ1v) is 7.15. The lowest BCUT2D eigenvalue weighted by Gasteiger charge is -2.21. The predicted octanol–water partition coefficient (Wildman–Crippen LogP) is 4.25. The number of hydrogen-bond donors (Lipinski definition) is 1. The molecule has 0 aliphatic carbocycles. The highest BCUT2D eigenvalue weighted by Gasteiger charge is 2.12. The smallest absolute Gasteiger partial charge is 0.0408 e. The van der Waals surface area contributed by atoms with Gasteiger partial charge in [-0.2, -0.15) is 0 Å². The van der Waals surface area contributed by atoms with Gasteiger partial charge in [0.1, 0.15) is 0 Å². The fraction of sp³-hybridized carbons (Fsp3) is 0.333. The average Bonchev–Trinajstić information content (AvgIpc) is 2.42. The van der Waals surface area contributed by atoms with Crippen LogP contribution in [-0.4, -0.2) is 6.54 Å². The van der Waals surface area contributed by atoms with Crippen molar-refractivity contribution in [2.45, 2.75) is 33.1 Å². The molecular formula is C18H21N. The van der Waals surface area contributed by atoms with Gasteiger partial charge in [-0.05, 0) is 55.4 Å². The second-order valence-electron chi connectivity index (χ2n) is 5.59. The zero-order chi connectivity index (χ0) is 13.2. The molecule has 1 heterocycles. The molecule has 0 bridgehead atoms. The third kappa shape index (κ3) is 2.51. The minimum absolute atomic E-state index is 1.03. The van der Waals surface area contributed by atoms with Crippen molar-refractivity contribution in [3.63, 3.8) is 0 Å². The zero-order valence-electron chi connectivity index (χ0n) is 11.8. The molecule has 0 unspecified atom stereocenters. The number of hydrogen-bond acceptors (Lipinski definition) is 1. The van der Waals surface area contributed by atoms with Crippen molar-refractivity contribution in [2.75, 3.05) is 11.9 Å². The Labute approximate surface area is 115 Å². The molecule has 1 aliphatic rings. The van der Waals surface area contributed by atoms with Gasteiger partial charge in [0, 0.05) is 12.2 Å². The molecule has 0 fully saturated rings. The molecule has 1 nitrogen and oxygen atoms in total. The van der Waals surface area contributed by atoms with Crippen molar-refractivity contribution in [3.8, 4) is 0 Å². The molecule has 2 aromatic rings. The van der Waals surface area contributed by atoms with Gasteiger partial charge in [0.25, 0.3) is 0 Å². The zero-order valence-corrected chi connectivity index (χ0v) is 11.8. The van der Waals surface area contributed by atoms with E-state index < -0.39 is 0 Å². The maximum absolute atomic E-state index is 3.58. The summed E-state index contributed by atoms with van der Waals surface area (Å²) in [6, 6.07) is 13.5. The third-order valence-electron chi connectivity index (χ3n) is 4.04. The second-order valence-corrected chi connectivity index (χ2v) is 5.59. The first-order valence-electron chi connectivity index (χ1n) is 7.15. The number of rotatable bonds is 2. The number of aryl methyl sites for hydroxylation is 3. The molecule has 3 rings (SSSR count). The van der Waals surface area contributed by atoms with Crippen LogP contribution in [0.5, 0.6) is 0 Å². The van der Waals surface area contributed by atoms with E-state index in [0.717, 1.165) is 13.0 Å². The molecule has 1 heteroatoms. The Morgan fingerprint density at radius 2 is 1.95 bits per heavy atom. The van der Waals surface area contributed by atoms with Crippen molar-refractivity contribution in [2.24, 2.45) is 0 Å². The summed E-state index contributed by atoms with van der Waals surface area (Å²) in [4.78, 5) is 0. The standard InChI is InChI=1S/C18H21N/c1-13-8-9-16(14(2)11-13)12-17-6-3-5-15-7-4-10-19-18(15)17/h3,5-6,8-9,11,19H,4,7,10,12H2,1-2H3. The minimum atomic E-state index is 1.03. The number of benzene rings is 2. The van der Waals surface area contributed by atoms with Crippen LogP contribution in [0.25, 0.3) is 0 Å². The van der Waals surface area contributed by atoms with Gasteiger partial charge >= 0.3 is 0 Å². The van der Waals surface area contributed by atoms with Crippen molar-refractivity contribution in [1.29, 1.82) is 0 Å². The molecule has 1 N–H and O–H groups in total. The summed E-state index contributed by atoms with van der Waals surface area (Å²) in [5, 5.41) is 3.58. The summed E-state index contributed by atoms with van der Waals surface area (Å²) < 4.78 is 0. The van der Waals surface area contributed by atoms with Crippen LogP contribution in [-0.2, 0) is 12.8 Å². The van der Waals surface area contributed by atoms with Gasteiger partial charge in [-0.3, -0.25) is 0 Å². The van der Waals surface area contributed by atoms with E-state index in [9.17, 15) is 0 Å². The summed E-state index contributed by atoms with van der Waals surface area (Å²) in [5.41, 5.74) is 8.47. The Morgan fingerprint density at radius 3 is 2.79 bits per heavy atom. The molecule has 0 atom stereocenters. The van der Waals surface area contributed by atoms with Gasteiger partial charge in [0.05, 0.1) is 0 Å². The fourth-order valence-corrected chi connectivity index (χ4v) is 2.98. The topological polar surface area (TPSA) is 12.0 Å². The number of nitrogens with one attached hydrogen (secondary N) is 1. The van der Waals surface area contributed by atoms with Gasteiger partial charge in [-0.15, -0.1) is 0 Å². The maximum Gasteiger partial charge on any atom is 0.0408 e. The van der Waals surface area contributed by atoms with Gasteiger partial charge in [0.2, 0.25) is 0 Å². The van der Waals surface area contributed by atoms with E-state index in [2.05, 4.69) is 55.6 Å². The molecule has 0 aromatic heterocycles. The Bertz CT molecular complexity index is 599. The van der Waals surface area contributed by atoms with Crippen molar-refractivity contribution < 1.29 is 0 Å². The molecular weight excluding hydrogens is 230 g/mol. The number of anilines is 1. The first-order chi connectivity index (χ1) is 9.24. The SMILES string of the molecule is Cc1ccc(Cc2cccc3c2NCCC3)c(C)c1. The molecule has 98 valence electrons. The maximum atomic E-state index is 3.58. The Morgan fingerprint density at radius 1 is 1.05 bits per heavy atom. The highest BCUT2D eigenvalue weighted by molar-refractivity contribution is 5.60. The molecule has 19 heavy (non-hydrogen) atoms. The van der Waals surface area contributed by atoms with Gasteiger partial charge in [-0.25, -0.2) is 0 Å². The molecule has 2 aromatic carbocycles. The van der Waals surface area contributed by atoms with Crippen molar-refractivity contribution in [1.82, 2.24) is 0 Å². The van der Waals surface area contributed by atoms with E-state index in [1.807, 2.05) is 0 Å². The van der Waals surface area contributed by atoms with Crippen LogP contribution >= 0.6 is 0 Å². The monoisotopic (exact) mass is 251 g/mol. The first kappa shape index (κ1) is 12.3. The van der Waals surface area contributed by atoms with Crippen molar-refractivity contribution in [3.05, 3.63) is 64.2 Å². The Balaban J connectivity index is 1.95. The number of fused-ring (bicyclic) bond motifs is 1. The van der Waals surface area contributed by atoms with Crippen LogP contribution in [0.4, 0.5) is 5.69 Å². The normalized spacial score (nSPS) is 13.8. The lowest BCUT2D eigenvalue weighted by atomic mass is 9.93. The lowest BCUT2D eigenvalue weighted by Crippen LogP contribution is -2.13. The van der Waals surface area contributed by atoms with E-state index in [4.69, 9.17) is 0 Å². The fourth-order valence-electron chi connectivity index (χ4n) is 2.98. The van der Waals surface area contributed by atoms with E-state index in [-0.39, 0.29) is 0 Å². The van der Waals surface area contributed by atoms with E-state index in [1.165, 1.54) is 46.3 Å². The largest absolute Gasteiger partial charge is 0.385 e. The molecule has 0 spiro atoms. The van der Waals surface area contributed by atoms with Crippen LogP contribution in [0.1, 0.15) is 34.2 Å². The van der Waals surface area contributed by atoms with Gasteiger partial charge in [0.15, 0.2) is 0 Å². The lowest BCUT2D eigenvalue weighted by molar-refractivity contribution is 0.825. The molecule has 0 radical (unpaired) electrons. The van der Waals surface area contributed by atoms with Gasteiger partial charge < -0.3 is 5.32 Å². The summed E-state index contributed by atoms with van der Waals surface area (Å²) in [5.74, 6) is 0. The van der Waals surface area contributed by atoms with Gasteiger partial charge in [-0.1, -0.05) is 42.0 Å². The average molecular weight is 251 g/mol. The minimum Gasteiger partial charge on any atom is -0.385 e. The summed E-state index contributed by atoms with van der Waals surface area (Å²) in [7, 11) is 0. The molecule has 0 saturated carbocycles. The van der Waals surface area contributed by atoms with Crippen LogP contribution in [0.3, 0.4) is 0 Å². The molecule has 0 amide bonds. The Kier molecular flexibility index (Phi) is 3.29. The van der Waals surface area contributed by atoms with Crippen LogP contribution < -0.4 is 5.32 Å². The third-order valence-corrected chi connectivity index (χ3v) is 4.04. The number of para-hydroxylation sites is 1. The predicted molar refractivity (Wildman–Crippen MR) is 82.0 cm³/mol.